The quantitative estimate of drug-likeness (QED) is 0.237. The summed E-state index contributed by atoms with van der Waals surface area (Å²) < 4.78 is 0. The molecule has 0 amide bonds. The Morgan fingerprint density at radius 1 is 2.00 bits per heavy atom. The van der Waals surface area contributed by atoms with Gasteiger partial charge in [0.05, 0.1) is 0 Å². The molecule has 0 atom stereocenters. The van der Waals surface area contributed by atoms with Crippen LogP contribution in [0.1, 0.15) is 6.92 Å². The standard InChI is InChI=1S/C4H8N2O/c1-4(2)7-6-3-5/h3H,1H2,2H3,(H2,5,6). The number of nitrogens with zero attached hydrogens (tertiary/aromatic N) is 1. The highest BCUT2D eigenvalue weighted by Gasteiger charge is 1.73. The van der Waals surface area contributed by atoms with Gasteiger partial charge < -0.3 is 10.6 Å². The average molecular weight is 100 g/mol. The van der Waals surface area contributed by atoms with Gasteiger partial charge in [-0.25, -0.2) is 0 Å². The van der Waals surface area contributed by atoms with Crippen LogP contribution in [-0.2, 0) is 4.84 Å². The van der Waals surface area contributed by atoms with Crippen LogP contribution in [0.15, 0.2) is 17.5 Å². The summed E-state index contributed by atoms with van der Waals surface area (Å²) in [6, 6.07) is 0. The van der Waals surface area contributed by atoms with Crippen molar-refractivity contribution in [3.05, 3.63) is 12.3 Å². The fourth-order valence-corrected chi connectivity index (χ4v) is 0.120. The minimum absolute atomic E-state index is 0.529. The molecule has 0 aromatic heterocycles. The summed E-state index contributed by atoms with van der Waals surface area (Å²) in [7, 11) is 0. The highest BCUT2D eigenvalue weighted by atomic mass is 16.6. The molecule has 0 aliphatic rings. The summed E-state index contributed by atoms with van der Waals surface area (Å²) in [6.45, 7) is 5.09. The first kappa shape index (κ1) is 6.01. The third-order valence-corrected chi connectivity index (χ3v) is 0.269. The van der Waals surface area contributed by atoms with Crippen LogP contribution < -0.4 is 5.73 Å². The lowest BCUT2D eigenvalue weighted by Gasteiger charge is -1.88. The first-order valence-electron chi connectivity index (χ1n) is 1.83. The van der Waals surface area contributed by atoms with E-state index < -0.39 is 0 Å². The van der Waals surface area contributed by atoms with Crippen LogP contribution in [0.2, 0.25) is 0 Å². The number of oxime groups is 1. The Morgan fingerprint density at radius 3 is 2.71 bits per heavy atom. The van der Waals surface area contributed by atoms with Crippen LogP contribution in [0, 0.1) is 0 Å². The van der Waals surface area contributed by atoms with Crippen LogP contribution in [0.3, 0.4) is 0 Å². The van der Waals surface area contributed by atoms with E-state index in [0.717, 1.165) is 6.34 Å². The molecule has 0 spiro atoms. The molecule has 0 bridgehead atoms. The molecule has 7 heavy (non-hydrogen) atoms. The van der Waals surface area contributed by atoms with E-state index in [9.17, 15) is 0 Å². The van der Waals surface area contributed by atoms with E-state index in [2.05, 4.69) is 16.6 Å². The van der Waals surface area contributed by atoms with Crippen molar-refractivity contribution in [3.8, 4) is 0 Å². The Labute approximate surface area is 42.4 Å². The van der Waals surface area contributed by atoms with Crippen LogP contribution in [0.25, 0.3) is 0 Å². The molecule has 0 unspecified atom stereocenters. The fourth-order valence-electron chi connectivity index (χ4n) is 0.120. The minimum Gasteiger partial charge on any atom is -0.387 e. The van der Waals surface area contributed by atoms with Crippen molar-refractivity contribution >= 4 is 6.34 Å². The number of allylic oxidation sites excluding steroid dienone is 1. The van der Waals surface area contributed by atoms with Gasteiger partial charge in [-0.05, 0) is 6.92 Å². The maximum Gasteiger partial charge on any atom is 0.126 e. The third-order valence-electron chi connectivity index (χ3n) is 0.269. The Hall–Kier alpha value is -0.990. The number of hydrogen-bond acceptors (Lipinski definition) is 2. The van der Waals surface area contributed by atoms with Crippen molar-refractivity contribution in [2.24, 2.45) is 10.9 Å². The lowest BCUT2D eigenvalue weighted by atomic mass is 10.7. The normalized spacial score (nSPS) is 9.29. The van der Waals surface area contributed by atoms with Gasteiger partial charge in [-0.3, -0.25) is 0 Å². The molecule has 0 aromatic rings. The van der Waals surface area contributed by atoms with E-state index in [1.54, 1.807) is 6.92 Å². The molecule has 0 rings (SSSR count). The first-order valence-corrected chi connectivity index (χ1v) is 1.83. The van der Waals surface area contributed by atoms with Crippen molar-refractivity contribution in [1.29, 1.82) is 0 Å². The van der Waals surface area contributed by atoms with Gasteiger partial charge in [0.1, 0.15) is 12.1 Å². The molecule has 0 aliphatic carbocycles. The lowest BCUT2D eigenvalue weighted by molar-refractivity contribution is 0.233. The predicted molar refractivity (Wildman–Crippen MR) is 28.6 cm³/mol. The summed E-state index contributed by atoms with van der Waals surface area (Å²) in [5.41, 5.74) is 4.82. The number of hydrogen-bond donors (Lipinski definition) is 1. The van der Waals surface area contributed by atoms with Crippen molar-refractivity contribution in [3.63, 3.8) is 0 Å². The van der Waals surface area contributed by atoms with Crippen molar-refractivity contribution in [2.45, 2.75) is 6.92 Å². The highest BCUT2D eigenvalue weighted by molar-refractivity contribution is 5.50. The zero-order valence-corrected chi connectivity index (χ0v) is 4.22. The summed E-state index contributed by atoms with van der Waals surface area (Å²) in [6.07, 6.45) is 1.06. The molecule has 2 N–H and O–H groups in total. The number of rotatable bonds is 2. The molecule has 3 nitrogen and oxygen atoms in total. The molecule has 0 heterocycles. The highest BCUT2D eigenvalue weighted by Crippen LogP contribution is 1.86. The monoisotopic (exact) mass is 100 g/mol. The van der Waals surface area contributed by atoms with Crippen LogP contribution in [-0.4, -0.2) is 6.34 Å². The Balaban J connectivity index is 3.14. The molecule has 0 saturated heterocycles. The lowest BCUT2D eigenvalue weighted by Crippen LogP contribution is -1.88. The SMILES string of the molecule is C=C(C)O/N=C/N. The van der Waals surface area contributed by atoms with Crippen LogP contribution >= 0.6 is 0 Å². The summed E-state index contributed by atoms with van der Waals surface area (Å²) in [4.78, 5) is 4.44. The fraction of sp³-hybridized carbons (Fsp3) is 0.250. The Kier molecular flexibility index (Phi) is 2.76. The van der Waals surface area contributed by atoms with E-state index in [1.165, 1.54) is 0 Å². The second-order valence-corrected chi connectivity index (χ2v) is 1.05. The van der Waals surface area contributed by atoms with Gasteiger partial charge in [0, 0.05) is 0 Å². The molecule has 0 fully saturated rings. The first-order chi connectivity index (χ1) is 3.27. The topological polar surface area (TPSA) is 47.6 Å². The Morgan fingerprint density at radius 2 is 2.57 bits per heavy atom. The maximum absolute atomic E-state index is 4.82. The van der Waals surface area contributed by atoms with Gasteiger partial charge in [0.25, 0.3) is 0 Å². The summed E-state index contributed by atoms with van der Waals surface area (Å²) in [5.74, 6) is 0.529. The van der Waals surface area contributed by atoms with E-state index in [1.807, 2.05) is 0 Å². The zero-order chi connectivity index (χ0) is 5.70. The van der Waals surface area contributed by atoms with Gasteiger partial charge in [-0.15, -0.1) is 0 Å². The van der Waals surface area contributed by atoms with Gasteiger partial charge in [-0.1, -0.05) is 11.7 Å². The molecule has 3 heteroatoms. The molecule has 0 aromatic carbocycles. The second-order valence-electron chi connectivity index (χ2n) is 1.05. The zero-order valence-electron chi connectivity index (χ0n) is 4.22. The number of nitrogens with two attached hydrogens (primary N) is 1. The Bertz CT molecular complexity index is 87.7. The van der Waals surface area contributed by atoms with Gasteiger partial charge in [0.2, 0.25) is 0 Å². The second kappa shape index (κ2) is 3.21. The maximum atomic E-state index is 4.82. The average Bonchev–Trinajstić information content (AvgIpc) is 1.61. The largest absolute Gasteiger partial charge is 0.387 e. The van der Waals surface area contributed by atoms with Gasteiger partial charge >= 0.3 is 0 Å². The summed E-state index contributed by atoms with van der Waals surface area (Å²) in [5, 5.41) is 3.22. The summed E-state index contributed by atoms with van der Waals surface area (Å²) >= 11 is 0. The van der Waals surface area contributed by atoms with E-state index >= 15 is 0 Å². The van der Waals surface area contributed by atoms with Crippen molar-refractivity contribution in [1.82, 2.24) is 0 Å². The van der Waals surface area contributed by atoms with Crippen molar-refractivity contribution < 1.29 is 4.84 Å². The van der Waals surface area contributed by atoms with Crippen LogP contribution in [0.4, 0.5) is 0 Å². The van der Waals surface area contributed by atoms with E-state index in [4.69, 9.17) is 5.73 Å². The van der Waals surface area contributed by atoms with E-state index in [0.29, 0.717) is 5.76 Å². The molecular formula is C4H8N2O. The molecule has 40 valence electrons. The van der Waals surface area contributed by atoms with Gasteiger partial charge in [-0.2, -0.15) is 0 Å². The molecular weight excluding hydrogens is 92.1 g/mol. The smallest absolute Gasteiger partial charge is 0.126 e. The third kappa shape index (κ3) is 5.01. The minimum atomic E-state index is 0.529. The van der Waals surface area contributed by atoms with Gasteiger partial charge in [0.15, 0.2) is 0 Å². The van der Waals surface area contributed by atoms with Crippen LogP contribution in [0.5, 0.6) is 0 Å². The van der Waals surface area contributed by atoms with Crippen molar-refractivity contribution in [2.75, 3.05) is 0 Å². The van der Waals surface area contributed by atoms with E-state index in [-0.39, 0.29) is 0 Å². The molecule has 0 saturated carbocycles. The molecule has 0 radical (unpaired) electrons. The molecule has 0 aliphatic heterocycles. The predicted octanol–water partition coefficient (Wildman–Crippen LogP) is 0.439.